The minimum absolute atomic E-state index is 0.0270. The number of benzene rings is 1. The van der Waals surface area contributed by atoms with Crippen molar-refractivity contribution >= 4 is 15.7 Å². The minimum Gasteiger partial charge on any atom is -0.312 e. The number of hydrogen-bond acceptors (Lipinski definition) is 5. The number of piperazine rings is 1. The van der Waals surface area contributed by atoms with Crippen molar-refractivity contribution in [3.63, 3.8) is 0 Å². The van der Waals surface area contributed by atoms with E-state index in [1.54, 1.807) is 13.8 Å². The van der Waals surface area contributed by atoms with Gasteiger partial charge in [-0.15, -0.1) is 0 Å². The third-order valence-electron chi connectivity index (χ3n) is 3.72. The quantitative estimate of drug-likeness (QED) is 0.668. The molecule has 0 bridgehead atoms. The summed E-state index contributed by atoms with van der Waals surface area (Å²) >= 11 is 0. The summed E-state index contributed by atoms with van der Waals surface area (Å²) in [5.74, 6) is 0. The highest BCUT2D eigenvalue weighted by Crippen LogP contribution is 2.30. The lowest BCUT2D eigenvalue weighted by Crippen LogP contribution is -2.51. The van der Waals surface area contributed by atoms with Crippen LogP contribution >= 0.6 is 0 Å². The van der Waals surface area contributed by atoms with E-state index in [1.165, 1.54) is 16.4 Å². The lowest BCUT2D eigenvalue weighted by Gasteiger charge is -2.30. The Hall–Kier alpha value is -1.51. The van der Waals surface area contributed by atoms with Crippen LogP contribution in [0.1, 0.15) is 18.1 Å². The highest BCUT2D eigenvalue weighted by molar-refractivity contribution is 7.89. The molecule has 1 aliphatic rings. The van der Waals surface area contributed by atoms with Gasteiger partial charge in [0.2, 0.25) is 10.0 Å². The predicted octanol–water partition coefficient (Wildman–Crippen LogP) is 1.19. The molecule has 0 spiro atoms. The van der Waals surface area contributed by atoms with Crippen LogP contribution in [-0.2, 0) is 10.0 Å². The fourth-order valence-corrected chi connectivity index (χ4v) is 4.13. The van der Waals surface area contributed by atoms with Gasteiger partial charge in [-0.25, -0.2) is 8.42 Å². The number of nitro benzene ring substituents is 1. The second-order valence-corrected chi connectivity index (χ2v) is 7.29. The van der Waals surface area contributed by atoms with E-state index in [-0.39, 0.29) is 16.6 Å². The molecule has 1 atom stereocenters. The highest BCUT2D eigenvalue weighted by Gasteiger charge is 2.34. The van der Waals surface area contributed by atoms with Gasteiger partial charge in [-0.05, 0) is 38.0 Å². The summed E-state index contributed by atoms with van der Waals surface area (Å²) in [4.78, 5) is 10.3. The van der Waals surface area contributed by atoms with Crippen molar-refractivity contribution in [1.82, 2.24) is 9.62 Å². The Labute approximate surface area is 124 Å². The van der Waals surface area contributed by atoms with E-state index in [9.17, 15) is 18.5 Å². The number of sulfonamides is 1. The van der Waals surface area contributed by atoms with Crippen molar-refractivity contribution in [3.05, 3.63) is 33.4 Å². The molecule has 21 heavy (non-hydrogen) atoms. The van der Waals surface area contributed by atoms with Gasteiger partial charge in [0.05, 0.1) is 4.92 Å². The van der Waals surface area contributed by atoms with E-state index in [0.717, 1.165) is 5.56 Å². The van der Waals surface area contributed by atoms with Gasteiger partial charge < -0.3 is 5.32 Å². The first-order valence-electron chi connectivity index (χ1n) is 6.72. The Bertz CT molecular complexity index is 672. The second kappa shape index (κ2) is 5.70. The molecule has 0 saturated carbocycles. The van der Waals surface area contributed by atoms with Crippen molar-refractivity contribution in [2.75, 3.05) is 19.6 Å². The first-order chi connectivity index (χ1) is 9.73. The van der Waals surface area contributed by atoms with Gasteiger partial charge in [-0.1, -0.05) is 0 Å². The molecule has 1 aliphatic heterocycles. The number of nitro groups is 1. The summed E-state index contributed by atoms with van der Waals surface area (Å²) in [6.07, 6.45) is 0. The zero-order valence-corrected chi connectivity index (χ0v) is 13.1. The summed E-state index contributed by atoms with van der Waals surface area (Å²) in [5, 5.41) is 14.3. The minimum atomic E-state index is -3.86. The largest absolute Gasteiger partial charge is 0.312 e. The predicted molar refractivity (Wildman–Crippen MR) is 78.8 cm³/mol. The van der Waals surface area contributed by atoms with Crippen LogP contribution in [0.4, 0.5) is 5.69 Å². The second-order valence-electron chi connectivity index (χ2n) is 5.38. The Morgan fingerprint density at radius 3 is 2.52 bits per heavy atom. The monoisotopic (exact) mass is 313 g/mol. The molecular formula is C13H19N3O4S. The van der Waals surface area contributed by atoms with Crippen molar-refractivity contribution in [2.24, 2.45) is 0 Å². The van der Waals surface area contributed by atoms with Gasteiger partial charge >= 0.3 is 0 Å². The normalized spacial score (nSPS) is 20.4. The summed E-state index contributed by atoms with van der Waals surface area (Å²) < 4.78 is 26.7. The van der Waals surface area contributed by atoms with Gasteiger partial charge in [0.1, 0.15) is 0 Å². The van der Waals surface area contributed by atoms with E-state index < -0.39 is 14.9 Å². The van der Waals surface area contributed by atoms with Crippen LogP contribution in [0.15, 0.2) is 17.0 Å². The third kappa shape index (κ3) is 3.07. The molecule has 1 aromatic carbocycles. The lowest BCUT2D eigenvalue weighted by atomic mass is 10.1. The van der Waals surface area contributed by atoms with Crippen LogP contribution < -0.4 is 5.32 Å². The standard InChI is InChI=1S/C13H19N3O4S/c1-9-6-12(16(17)18)13(7-10(9)2)21(19,20)15-5-4-14-11(3)8-15/h6-7,11,14H,4-5,8H2,1-3H3/t11-/m0/s1. The van der Waals surface area contributed by atoms with Crippen molar-refractivity contribution in [1.29, 1.82) is 0 Å². The molecule has 1 heterocycles. The van der Waals surface area contributed by atoms with Gasteiger partial charge in [0.15, 0.2) is 4.90 Å². The van der Waals surface area contributed by atoms with Crippen LogP contribution in [0.25, 0.3) is 0 Å². The van der Waals surface area contributed by atoms with E-state index >= 15 is 0 Å². The maximum Gasteiger partial charge on any atom is 0.289 e. The molecule has 0 aromatic heterocycles. The van der Waals surface area contributed by atoms with E-state index in [0.29, 0.717) is 25.2 Å². The third-order valence-corrected chi connectivity index (χ3v) is 5.62. The van der Waals surface area contributed by atoms with E-state index in [2.05, 4.69) is 5.32 Å². The number of nitrogens with zero attached hydrogens (tertiary/aromatic N) is 2. The molecule has 0 aliphatic carbocycles. The first kappa shape index (κ1) is 15.9. The van der Waals surface area contributed by atoms with Crippen molar-refractivity contribution < 1.29 is 13.3 Å². The van der Waals surface area contributed by atoms with Gasteiger partial charge in [-0.2, -0.15) is 4.31 Å². The van der Waals surface area contributed by atoms with Gasteiger partial charge in [0, 0.05) is 31.7 Å². The van der Waals surface area contributed by atoms with Crippen molar-refractivity contribution in [3.8, 4) is 0 Å². The molecule has 8 heteroatoms. The SMILES string of the molecule is Cc1cc([N+](=O)[O-])c(S(=O)(=O)N2CCN[C@@H](C)C2)cc1C. The molecular weight excluding hydrogens is 294 g/mol. The van der Waals surface area contributed by atoms with Crippen LogP contribution in [0.2, 0.25) is 0 Å². The summed E-state index contributed by atoms with van der Waals surface area (Å²) in [5.41, 5.74) is 1.07. The molecule has 7 nitrogen and oxygen atoms in total. The first-order valence-corrected chi connectivity index (χ1v) is 8.16. The fourth-order valence-electron chi connectivity index (χ4n) is 2.38. The van der Waals surface area contributed by atoms with E-state index in [4.69, 9.17) is 0 Å². The van der Waals surface area contributed by atoms with Crippen molar-refractivity contribution in [2.45, 2.75) is 31.7 Å². The Morgan fingerprint density at radius 1 is 1.33 bits per heavy atom. The number of hydrogen-bond donors (Lipinski definition) is 1. The van der Waals surface area contributed by atoms with Gasteiger partial charge in [0.25, 0.3) is 5.69 Å². The van der Waals surface area contributed by atoms with Crippen LogP contribution in [0, 0.1) is 24.0 Å². The molecule has 1 N–H and O–H groups in total. The maximum absolute atomic E-state index is 12.7. The Balaban J connectivity index is 2.53. The fraction of sp³-hybridized carbons (Fsp3) is 0.538. The zero-order valence-electron chi connectivity index (χ0n) is 12.3. The number of nitrogens with one attached hydrogen (secondary N) is 1. The lowest BCUT2D eigenvalue weighted by molar-refractivity contribution is -0.387. The maximum atomic E-state index is 12.7. The summed E-state index contributed by atoms with van der Waals surface area (Å²) in [6, 6.07) is 2.75. The summed E-state index contributed by atoms with van der Waals surface area (Å²) in [7, 11) is -3.86. The molecule has 0 amide bonds. The van der Waals surface area contributed by atoms with Gasteiger partial charge in [-0.3, -0.25) is 10.1 Å². The van der Waals surface area contributed by atoms with Crippen LogP contribution in [-0.4, -0.2) is 43.3 Å². The molecule has 1 aromatic rings. The average Bonchev–Trinajstić information content (AvgIpc) is 2.41. The van der Waals surface area contributed by atoms with E-state index in [1.807, 2.05) is 6.92 Å². The number of rotatable bonds is 3. The Kier molecular flexibility index (Phi) is 4.31. The molecule has 0 unspecified atom stereocenters. The number of aryl methyl sites for hydroxylation is 2. The van der Waals surface area contributed by atoms with Crippen LogP contribution in [0.5, 0.6) is 0 Å². The molecule has 116 valence electrons. The highest BCUT2D eigenvalue weighted by atomic mass is 32.2. The summed E-state index contributed by atoms with van der Waals surface area (Å²) in [6.45, 7) is 6.53. The topological polar surface area (TPSA) is 92.5 Å². The molecule has 1 fully saturated rings. The average molecular weight is 313 g/mol. The molecule has 1 saturated heterocycles. The molecule has 0 radical (unpaired) electrons. The smallest absolute Gasteiger partial charge is 0.289 e. The van der Waals surface area contributed by atoms with Crippen LogP contribution in [0.3, 0.4) is 0 Å². The Morgan fingerprint density at radius 2 is 1.95 bits per heavy atom. The molecule has 2 rings (SSSR count). The zero-order chi connectivity index (χ0) is 15.8.